The normalized spacial score (nSPS) is 20.6. The van der Waals surface area contributed by atoms with Crippen LogP contribution >= 0.6 is 23.4 Å². The van der Waals surface area contributed by atoms with Gasteiger partial charge in [-0.2, -0.15) is 0 Å². The molecule has 3 rings (SSSR count). The van der Waals surface area contributed by atoms with E-state index in [1.54, 1.807) is 7.11 Å². The second kappa shape index (κ2) is 5.25. The van der Waals surface area contributed by atoms with Gasteiger partial charge in [0.1, 0.15) is 5.75 Å². The molecule has 5 heteroatoms. The van der Waals surface area contributed by atoms with E-state index < -0.39 is 0 Å². The summed E-state index contributed by atoms with van der Waals surface area (Å²) in [5, 5.41) is 5.01. The number of amidine groups is 1. The van der Waals surface area contributed by atoms with Crippen molar-refractivity contribution in [2.45, 2.75) is 31.2 Å². The molecule has 0 radical (unpaired) electrons. The zero-order chi connectivity index (χ0) is 13.3. The van der Waals surface area contributed by atoms with E-state index in [0.29, 0.717) is 10.8 Å². The van der Waals surface area contributed by atoms with Crippen LogP contribution in [0, 0.1) is 0 Å². The molecule has 1 aromatic rings. The second-order valence-electron chi connectivity index (χ2n) is 5.11. The Kier molecular flexibility index (Phi) is 3.63. The molecule has 0 aromatic heterocycles. The van der Waals surface area contributed by atoms with Crippen LogP contribution in [-0.2, 0) is 0 Å². The number of nitrogens with one attached hydrogen (secondary N) is 1. The highest BCUT2D eigenvalue weighted by atomic mass is 35.5. The molecule has 0 atom stereocenters. The molecule has 1 N–H and O–H groups in total. The number of benzene rings is 1. The summed E-state index contributed by atoms with van der Waals surface area (Å²) < 4.78 is 5.22. The Morgan fingerprint density at radius 1 is 1.37 bits per heavy atom. The van der Waals surface area contributed by atoms with Gasteiger partial charge in [0.05, 0.1) is 17.7 Å². The number of thioether (sulfide) groups is 1. The highest BCUT2D eigenvalue weighted by molar-refractivity contribution is 8.14. The van der Waals surface area contributed by atoms with Crippen molar-refractivity contribution in [2.75, 3.05) is 18.2 Å². The van der Waals surface area contributed by atoms with Crippen LogP contribution in [0.4, 0.5) is 5.69 Å². The largest absolute Gasteiger partial charge is 0.495 e. The second-order valence-corrected chi connectivity index (χ2v) is 6.48. The predicted octanol–water partition coefficient (Wildman–Crippen LogP) is 4.18. The third-order valence-corrected chi connectivity index (χ3v) is 5.21. The van der Waals surface area contributed by atoms with Gasteiger partial charge >= 0.3 is 0 Å². The fraction of sp³-hybridized carbons (Fsp3) is 0.500. The first-order valence-corrected chi connectivity index (χ1v) is 7.90. The summed E-state index contributed by atoms with van der Waals surface area (Å²) in [6, 6.07) is 5.70. The summed E-state index contributed by atoms with van der Waals surface area (Å²) in [4.78, 5) is 4.89. The van der Waals surface area contributed by atoms with E-state index in [0.717, 1.165) is 16.6 Å². The first-order chi connectivity index (χ1) is 9.21. The van der Waals surface area contributed by atoms with Gasteiger partial charge in [-0.15, -0.1) is 0 Å². The van der Waals surface area contributed by atoms with Crippen molar-refractivity contribution in [3.05, 3.63) is 23.2 Å². The number of anilines is 1. The van der Waals surface area contributed by atoms with Gasteiger partial charge in [0, 0.05) is 17.5 Å². The van der Waals surface area contributed by atoms with Gasteiger partial charge in [-0.25, -0.2) is 0 Å². The summed E-state index contributed by atoms with van der Waals surface area (Å²) >= 11 is 7.84. The lowest BCUT2D eigenvalue weighted by atomic mass is 10.0. The number of halogens is 1. The molecular formula is C14H17ClN2OS. The molecule has 1 aromatic carbocycles. The number of hydrogen-bond acceptors (Lipinski definition) is 4. The van der Waals surface area contributed by atoms with Gasteiger partial charge in [-0.1, -0.05) is 36.2 Å². The van der Waals surface area contributed by atoms with Crippen LogP contribution in [0.25, 0.3) is 0 Å². The maximum absolute atomic E-state index is 6.02. The standard InChI is InChI=1S/C14H17ClN2OS/c1-18-12-8-10(4-5-11(12)15)16-13-17-14(9-19-13)6-2-3-7-14/h4-5,8H,2-3,6-7,9H2,1H3,(H,16,17). The van der Waals surface area contributed by atoms with Gasteiger partial charge < -0.3 is 10.1 Å². The minimum Gasteiger partial charge on any atom is -0.495 e. The Labute approximate surface area is 122 Å². The Balaban J connectivity index is 1.75. The van der Waals surface area contributed by atoms with Crippen LogP contribution in [0.1, 0.15) is 25.7 Å². The molecule has 1 heterocycles. The van der Waals surface area contributed by atoms with Crippen LogP contribution in [-0.4, -0.2) is 23.6 Å². The van der Waals surface area contributed by atoms with Gasteiger partial charge in [-0.3, -0.25) is 4.99 Å². The first kappa shape index (κ1) is 13.1. The van der Waals surface area contributed by atoms with Crippen molar-refractivity contribution in [2.24, 2.45) is 4.99 Å². The van der Waals surface area contributed by atoms with Crippen LogP contribution in [0.15, 0.2) is 23.2 Å². The summed E-state index contributed by atoms with van der Waals surface area (Å²) in [7, 11) is 1.63. The summed E-state index contributed by atoms with van der Waals surface area (Å²) in [5.41, 5.74) is 1.19. The minimum atomic E-state index is 0.212. The SMILES string of the molecule is COc1cc(NC2=NC3(CCCC3)CS2)ccc1Cl. The van der Waals surface area contributed by atoms with E-state index in [1.165, 1.54) is 25.7 Å². The number of methoxy groups -OCH3 is 1. The maximum atomic E-state index is 6.02. The lowest BCUT2D eigenvalue weighted by Gasteiger charge is -2.16. The van der Waals surface area contributed by atoms with Crippen LogP contribution in [0.5, 0.6) is 5.75 Å². The smallest absolute Gasteiger partial charge is 0.161 e. The van der Waals surface area contributed by atoms with E-state index in [9.17, 15) is 0 Å². The average molecular weight is 297 g/mol. The third-order valence-electron chi connectivity index (χ3n) is 3.75. The van der Waals surface area contributed by atoms with Crippen molar-refractivity contribution >= 4 is 34.2 Å². The fourth-order valence-electron chi connectivity index (χ4n) is 2.70. The topological polar surface area (TPSA) is 33.6 Å². The lowest BCUT2D eigenvalue weighted by Crippen LogP contribution is -2.21. The Bertz CT molecular complexity index is 512. The number of rotatable bonds is 2. The molecule has 102 valence electrons. The Morgan fingerprint density at radius 3 is 2.89 bits per heavy atom. The summed E-state index contributed by atoms with van der Waals surface area (Å²) in [6.45, 7) is 0. The maximum Gasteiger partial charge on any atom is 0.161 e. The summed E-state index contributed by atoms with van der Waals surface area (Å²) in [5.74, 6) is 1.80. The van der Waals surface area contributed by atoms with Gasteiger partial charge in [0.2, 0.25) is 0 Å². The zero-order valence-corrected chi connectivity index (χ0v) is 12.5. The number of hydrogen-bond donors (Lipinski definition) is 1. The van der Waals surface area contributed by atoms with Crippen molar-refractivity contribution in [3.63, 3.8) is 0 Å². The molecule has 0 saturated heterocycles. The number of nitrogens with zero attached hydrogens (tertiary/aromatic N) is 1. The van der Waals surface area contributed by atoms with Crippen LogP contribution in [0.3, 0.4) is 0 Å². The Morgan fingerprint density at radius 2 is 2.16 bits per heavy atom. The summed E-state index contributed by atoms with van der Waals surface area (Å²) in [6.07, 6.45) is 5.09. The van der Waals surface area contributed by atoms with Gasteiger partial charge in [0.25, 0.3) is 0 Å². The fourth-order valence-corrected chi connectivity index (χ4v) is 4.10. The molecule has 0 bridgehead atoms. The molecule has 3 nitrogen and oxygen atoms in total. The highest BCUT2D eigenvalue weighted by Gasteiger charge is 2.38. The molecule has 1 spiro atoms. The van der Waals surface area contributed by atoms with Crippen LogP contribution < -0.4 is 10.1 Å². The first-order valence-electron chi connectivity index (χ1n) is 6.54. The van der Waals surface area contributed by atoms with Gasteiger partial charge in [-0.05, 0) is 25.0 Å². The van der Waals surface area contributed by atoms with Crippen molar-refractivity contribution in [3.8, 4) is 5.75 Å². The molecule has 19 heavy (non-hydrogen) atoms. The van der Waals surface area contributed by atoms with E-state index in [1.807, 2.05) is 30.0 Å². The van der Waals surface area contributed by atoms with E-state index in [-0.39, 0.29) is 5.54 Å². The molecular weight excluding hydrogens is 280 g/mol. The molecule has 0 amide bonds. The van der Waals surface area contributed by atoms with Crippen molar-refractivity contribution in [1.82, 2.24) is 0 Å². The number of ether oxygens (including phenoxy) is 1. The molecule has 1 saturated carbocycles. The molecule has 2 aliphatic rings. The van der Waals surface area contributed by atoms with Crippen molar-refractivity contribution in [1.29, 1.82) is 0 Å². The van der Waals surface area contributed by atoms with E-state index in [2.05, 4.69) is 5.32 Å². The van der Waals surface area contributed by atoms with E-state index >= 15 is 0 Å². The molecule has 1 fully saturated rings. The molecule has 1 aliphatic heterocycles. The zero-order valence-electron chi connectivity index (χ0n) is 10.9. The van der Waals surface area contributed by atoms with Crippen LogP contribution in [0.2, 0.25) is 5.02 Å². The predicted molar refractivity (Wildman–Crippen MR) is 82.7 cm³/mol. The molecule has 1 aliphatic carbocycles. The number of aliphatic imine (C=N–C) groups is 1. The minimum absolute atomic E-state index is 0.212. The highest BCUT2D eigenvalue weighted by Crippen LogP contribution is 2.41. The average Bonchev–Trinajstić information content (AvgIpc) is 3.03. The van der Waals surface area contributed by atoms with E-state index in [4.69, 9.17) is 21.3 Å². The van der Waals surface area contributed by atoms with Gasteiger partial charge in [0.15, 0.2) is 5.17 Å². The Hall–Kier alpha value is -0.870. The molecule has 0 unspecified atom stereocenters. The monoisotopic (exact) mass is 296 g/mol. The lowest BCUT2D eigenvalue weighted by molar-refractivity contribution is 0.415. The third kappa shape index (κ3) is 2.70. The quantitative estimate of drug-likeness (QED) is 0.889. The van der Waals surface area contributed by atoms with Crippen molar-refractivity contribution < 1.29 is 4.74 Å².